The Labute approximate surface area is 81.6 Å². The Morgan fingerprint density at radius 1 is 1.53 bits per heavy atom. The summed E-state index contributed by atoms with van der Waals surface area (Å²) in [6.45, 7) is 0. The molecule has 1 aromatic rings. The molecule has 0 aromatic carbocycles. The van der Waals surface area contributed by atoms with Crippen LogP contribution in [0.3, 0.4) is 0 Å². The van der Waals surface area contributed by atoms with Crippen molar-refractivity contribution in [3.8, 4) is 5.75 Å². The molecule has 0 saturated heterocycles. The summed E-state index contributed by atoms with van der Waals surface area (Å²) in [5, 5.41) is 10.3. The summed E-state index contributed by atoms with van der Waals surface area (Å²) in [5.41, 5.74) is -1.84. The third-order valence-corrected chi connectivity index (χ3v) is 1.55. The quantitative estimate of drug-likeness (QED) is 0.567. The van der Waals surface area contributed by atoms with Gasteiger partial charge in [-0.05, 0) is 0 Å². The molecular formula is C7H5F3N2O3. The van der Waals surface area contributed by atoms with Crippen molar-refractivity contribution in [1.82, 2.24) is 4.98 Å². The van der Waals surface area contributed by atoms with Crippen LogP contribution in [0.1, 0.15) is 5.69 Å². The van der Waals surface area contributed by atoms with Gasteiger partial charge in [0.2, 0.25) is 5.75 Å². The number of pyridine rings is 1. The third kappa shape index (κ3) is 2.33. The molecule has 82 valence electrons. The van der Waals surface area contributed by atoms with Crippen LogP contribution in [0.4, 0.5) is 18.9 Å². The van der Waals surface area contributed by atoms with E-state index in [0.29, 0.717) is 12.3 Å². The molecule has 0 aliphatic rings. The van der Waals surface area contributed by atoms with Crippen molar-refractivity contribution in [2.75, 3.05) is 7.11 Å². The Hall–Kier alpha value is -1.86. The van der Waals surface area contributed by atoms with Gasteiger partial charge >= 0.3 is 11.9 Å². The number of hydrogen-bond donors (Lipinski definition) is 0. The van der Waals surface area contributed by atoms with E-state index in [4.69, 9.17) is 0 Å². The molecule has 1 aromatic heterocycles. The lowest BCUT2D eigenvalue weighted by molar-refractivity contribution is -0.386. The van der Waals surface area contributed by atoms with Crippen LogP contribution in [0.5, 0.6) is 5.75 Å². The van der Waals surface area contributed by atoms with Gasteiger partial charge in [-0.25, -0.2) is 4.98 Å². The van der Waals surface area contributed by atoms with Crippen molar-refractivity contribution in [2.45, 2.75) is 6.18 Å². The number of hydrogen-bond acceptors (Lipinski definition) is 4. The van der Waals surface area contributed by atoms with Crippen molar-refractivity contribution in [3.63, 3.8) is 0 Å². The minimum absolute atomic E-state index is 0.470. The second-order valence-electron chi connectivity index (χ2n) is 2.50. The summed E-state index contributed by atoms with van der Waals surface area (Å²) in [4.78, 5) is 12.4. The molecule has 0 aliphatic heterocycles. The molecule has 1 rings (SSSR count). The molecule has 0 unspecified atom stereocenters. The van der Waals surface area contributed by atoms with Crippen molar-refractivity contribution in [1.29, 1.82) is 0 Å². The number of aromatic nitrogens is 1. The Kier molecular flexibility index (Phi) is 2.78. The van der Waals surface area contributed by atoms with Crippen LogP contribution in [-0.2, 0) is 6.18 Å². The van der Waals surface area contributed by atoms with Gasteiger partial charge in [0.15, 0.2) is 0 Å². The fraction of sp³-hybridized carbons (Fsp3) is 0.286. The number of ether oxygens (including phenoxy) is 1. The lowest BCUT2D eigenvalue weighted by Gasteiger charge is -2.07. The Bertz CT molecular complexity index is 392. The van der Waals surface area contributed by atoms with Crippen molar-refractivity contribution < 1.29 is 22.8 Å². The van der Waals surface area contributed by atoms with Crippen molar-refractivity contribution in [3.05, 3.63) is 28.1 Å². The van der Waals surface area contributed by atoms with Crippen LogP contribution >= 0.6 is 0 Å². The zero-order valence-electron chi connectivity index (χ0n) is 7.41. The molecule has 0 saturated carbocycles. The van der Waals surface area contributed by atoms with Crippen molar-refractivity contribution in [2.24, 2.45) is 0 Å². The maximum atomic E-state index is 12.1. The molecule has 5 nitrogen and oxygen atoms in total. The average molecular weight is 222 g/mol. The summed E-state index contributed by atoms with van der Waals surface area (Å²) in [5.74, 6) is -0.470. The van der Waals surface area contributed by atoms with E-state index in [1.807, 2.05) is 0 Å². The second kappa shape index (κ2) is 3.71. The molecule has 0 amide bonds. The van der Waals surface area contributed by atoms with E-state index >= 15 is 0 Å². The first kappa shape index (κ1) is 11.2. The summed E-state index contributed by atoms with van der Waals surface area (Å²) < 4.78 is 40.9. The van der Waals surface area contributed by atoms with Crippen molar-refractivity contribution >= 4 is 5.69 Å². The van der Waals surface area contributed by atoms with Gasteiger partial charge in [-0.1, -0.05) is 0 Å². The van der Waals surface area contributed by atoms with E-state index in [0.717, 1.165) is 7.11 Å². The molecule has 0 fully saturated rings. The molecular weight excluding hydrogens is 217 g/mol. The van der Waals surface area contributed by atoms with Gasteiger partial charge in [0.25, 0.3) is 0 Å². The SMILES string of the molecule is COc1cc(C(F)(F)F)ncc1[N+](=O)[O-]. The summed E-state index contributed by atoms with van der Waals surface area (Å²) in [6, 6.07) is 0.484. The van der Waals surface area contributed by atoms with Gasteiger partial charge < -0.3 is 4.74 Å². The highest BCUT2D eigenvalue weighted by Crippen LogP contribution is 2.33. The number of nitrogens with zero attached hydrogens (tertiary/aromatic N) is 2. The highest BCUT2D eigenvalue weighted by molar-refractivity contribution is 5.45. The van der Waals surface area contributed by atoms with E-state index in [9.17, 15) is 23.3 Å². The largest absolute Gasteiger partial charge is 0.490 e. The minimum Gasteiger partial charge on any atom is -0.490 e. The van der Waals surface area contributed by atoms with E-state index in [1.165, 1.54) is 0 Å². The number of nitro groups is 1. The Morgan fingerprint density at radius 3 is 2.53 bits per heavy atom. The standard InChI is InChI=1S/C7H5F3N2O3/c1-15-5-2-6(7(8,9)10)11-3-4(5)12(13)14/h2-3H,1H3. The van der Waals surface area contributed by atoms with Gasteiger partial charge in [-0.2, -0.15) is 13.2 Å². The van der Waals surface area contributed by atoms with Gasteiger partial charge in [-0.3, -0.25) is 10.1 Å². The van der Waals surface area contributed by atoms with E-state index < -0.39 is 28.2 Å². The van der Waals surface area contributed by atoms with Crippen LogP contribution in [-0.4, -0.2) is 17.0 Å². The topological polar surface area (TPSA) is 65.3 Å². The summed E-state index contributed by atoms with van der Waals surface area (Å²) in [7, 11) is 1.04. The molecule has 8 heteroatoms. The Morgan fingerprint density at radius 2 is 2.13 bits per heavy atom. The van der Waals surface area contributed by atoms with Crippen LogP contribution < -0.4 is 4.74 Å². The van der Waals surface area contributed by atoms with Crippen LogP contribution in [0.15, 0.2) is 12.3 Å². The average Bonchev–Trinajstić information content (AvgIpc) is 2.15. The second-order valence-corrected chi connectivity index (χ2v) is 2.50. The molecule has 0 atom stereocenters. The normalized spacial score (nSPS) is 11.2. The number of methoxy groups -OCH3 is 1. The van der Waals surface area contributed by atoms with Crippen LogP contribution in [0.25, 0.3) is 0 Å². The molecule has 0 radical (unpaired) electrons. The highest BCUT2D eigenvalue weighted by atomic mass is 19.4. The maximum Gasteiger partial charge on any atom is 0.433 e. The molecule has 0 N–H and O–H groups in total. The van der Waals surface area contributed by atoms with E-state index in [1.54, 1.807) is 0 Å². The van der Waals surface area contributed by atoms with Gasteiger partial charge in [0.05, 0.1) is 12.0 Å². The smallest absolute Gasteiger partial charge is 0.433 e. The predicted octanol–water partition coefficient (Wildman–Crippen LogP) is 2.02. The zero-order valence-corrected chi connectivity index (χ0v) is 7.41. The Balaban J connectivity index is 3.25. The first-order valence-electron chi connectivity index (χ1n) is 3.62. The van der Waals surface area contributed by atoms with Gasteiger partial charge in [-0.15, -0.1) is 0 Å². The summed E-state index contributed by atoms with van der Waals surface area (Å²) in [6.07, 6.45) is -4.13. The predicted molar refractivity (Wildman–Crippen MR) is 42.4 cm³/mol. The molecule has 1 heterocycles. The fourth-order valence-electron chi connectivity index (χ4n) is 0.885. The zero-order chi connectivity index (χ0) is 11.6. The van der Waals surface area contributed by atoms with Gasteiger partial charge in [0, 0.05) is 6.07 Å². The van der Waals surface area contributed by atoms with E-state index in [2.05, 4.69) is 9.72 Å². The minimum atomic E-state index is -4.65. The third-order valence-electron chi connectivity index (χ3n) is 1.55. The molecule has 0 aliphatic carbocycles. The molecule has 0 spiro atoms. The van der Waals surface area contributed by atoms with Crippen LogP contribution in [0.2, 0.25) is 0 Å². The lowest BCUT2D eigenvalue weighted by atomic mass is 10.3. The highest BCUT2D eigenvalue weighted by Gasteiger charge is 2.34. The first-order valence-corrected chi connectivity index (χ1v) is 3.62. The van der Waals surface area contributed by atoms with Crippen LogP contribution in [0, 0.1) is 10.1 Å². The monoisotopic (exact) mass is 222 g/mol. The number of halogens is 3. The maximum absolute atomic E-state index is 12.1. The number of rotatable bonds is 2. The first-order chi connectivity index (χ1) is 6.86. The molecule has 0 bridgehead atoms. The fourth-order valence-corrected chi connectivity index (χ4v) is 0.885. The number of alkyl halides is 3. The van der Waals surface area contributed by atoms with E-state index in [-0.39, 0.29) is 0 Å². The lowest BCUT2D eigenvalue weighted by Crippen LogP contribution is -2.08. The summed E-state index contributed by atoms with van der Waals surface area (Å²) >= 11 is 0. The molecule has 15 heavy (non-hydrogen) atoms. The van der Waals surface area contributed by atoms with Gasteiger partial charge in [0.1, 0.15) is 11.9 Å².